The van der Waals surface area contributed by atoms with Crippen molar-refractivity contribution in [2.45, 2.75) is 12.4 Å². The second-order valence-corrected chi connectivity index (χ2v) is 7.72. The minimum atomic E-state index is -5.00. The van der Waals surface area contributed by atoms with Gasteiger partial charge in [0.15, 0.2) is 0 Å². The summed E-state index contributed by atoms with van der Waals surface area (Å²) in [5, 5.41) is 10.7. The summed E-state index contributed by atoms with van der Waals surface area (Å²) in [6, 6.07) is 22.0. The Labute approximate surface area is 214 Å². The van der Waals surface area contributed by atoms with Crippen LogP contribution in [0.4, 0.5) is 26.3 Å². The normalized spacial score (nSPS) is 11.9. The number of fused-ring (bicyclic) bond motifs is 2. The Bertz CT molecular complexity index is 1520. The summed E-state index contributed by atoms with van der Waals surface area (Å²) in [6.07, 6.45) is -10.0. The Balaban J connectivity index is 0.00000304. The number of halogens is 6. The number of alkyl halides is 6. The maximum atomic E-state index is 13.3. The van der Waals surface area contributed by atoms with Gasteiger partial charge in [-0.25, -0.2) is 0 Å². The molecule has 1 heterocycles. The van der Waals surface area contributed by atoms with Gasteiger partial charge in [0.25, 0.3) is 0 Å². The van der Waals surface area contributed by atoms with Gasteiger partial charge < -0.3 is 4.74 Å². The minimum absolute atomic E-state index is 0. The van der Waals surface area contributed by atoms with E-state index in [-0.39, 0.29) is 32.1 Å². The molecule has 0 aliphatic carbocycles. The van der Waals surface area contributed by atoms with Crippen LogP contribution in [-0.2, 0) is 32.5 Å². The fraction of sp³-hybridized carbons (Fsp3) is 0.0769. The molecular weight excluding hydrogens is 663 g/mol. The maximum absolute atomic E-state index is 13.3. The van der Waals surface area contributed by atoms with Crippen LogP contribution in [0.5, 0.6) is 11.6 Å². The molecule has 0 fully saturated rings. The molecule has 10 heteroatoms. The fourth-order valence-electron chi connectivity index (χ4n) is 3.73. The quantitative estimate of drug-likeness (QED) is 0.110. The van der Waals surface area contributed by atoms with E-state index in [1.807, 2.05) is 24.3 Å². The third-order valence-electron chi connectivity index (χ3n) is 5.35. The molecule has 1 aromatic heterocycles. The van der Waals surface area contributed by atoms with Gasteiger partial charge in [0.1, 0.15) is 5.75 Å². The van der Waals surface area contributed by atoms with Gasteiger partial charge in [0, 0.05) is 31.2 Å². The number of nitrogens with zero attached hydrogens (tertiary/aromatic N) is 2. The number of ether oxygens (including phenoxy) is 1. The molecule has 5 rings (SSSR count). The summed E-state index contributed by atoms with van der Waals surface area (Å²) in [5.41, 5.74) is -1.91. The first-order valence-corrected chi connectivity index (χ1v) is 10.2. The number of benzene rings is 4. The summed E-state index contributed by atoms with van der Waals surface area (Å²) in [7, 11) is 0. The Kier molecular flexibility index (Phi) is 6.77. The summed E-state index contributed by atoms with van der Waals surface area (Å²) in [5.74, 6) is -0.882. The van der Waals surface area contributed by atoms with E-state index in [0.717, 1.165) is 10.8 Å². The molecule has 0 bridgehead atoms. The maximum Gasteiger partial charge on any atom is 0.416 e. The zero-order chi connectivity index (χ0) is 24.8. The monoisotopic (exact) mass is 676 g/mol. The molecule has 0 unspecified atom stereocenters. The zero-order valence-electron chi connectivity index (χ0n) is 17.9. The second kappa shape index (κ2) is 9.52. The SMILES string of the molecule is FC(F)(F)c1cc(Oc2nnc(-c3[c-]cccc3)c3cc4ccccc4cc23)cc(C(F)(F)F)c1.[Ir]. The molecule has 5 aromatic rings. The molecular formula is C26H13F6IrN2O-. The van der Waals surface area contributed by atoms with Gasteiger partial charge in [-0.15, -0.1) is 41.0 Å². The zero-order valence-corrected chi connectivity index (χ0v) is 20.3. The van der Waals surface area contributed by atoms with Crippen molar-refractivity contribution < 1.29 is 51.2 Å². The first-order chi connectivity index (χ1) is 16.6. The predicted molar refractivity (Wildman–Crippen MR) is 118 cm³/mol. The summed E-state index contributed by atoms with van der Waals surface area (Å²) >= 11 is 0. The number of rotatable bonds is 3. The number of hydrogen-bond acceptors (Lipinski definition) is 3. The van der Waals surface area contributed by atoms with E-state index in [1.54, 1.807) is 36.4 Å². The molecule has 0 aliphatic rings. The van der Waals surface area contributed by atoms with Gasteiger partial charge >= 0.3 is 12.4 Å². The van der Waals surface area contributed by atoms with Gasteiger partial charge in [-0.1, -0.05) is 30.3 Å². The van der Waals surface area contributed by atoms with Gasteiger partial charge in [-0.05, 0) is 40.4 Å². The standard InChI is InChI=1S/C26H13F6N2O.Ir/c27-25(28,29)18-12-19(26(30,31)32)14-20(13-18)35-24-22-11-17-9-5-4-8-16(17)10-21(22)23(33-34-24)15-6-2-1-3-7-15;/h1-6,8-14H;/q-1;. The van der Waals surface area contributed by atoms with Crippen LogP contribution in [0.1, 0.15) is 11.1 Å². The topological polar surface area (TPSA) is 35.0 Å². The van der Waals surface area contributed by atoms with Crippen LogP contribution in [0.15, 0.2) is 78.9 Å². The van der Waals surface area contributed by atoms with Crippen LogP contribution in [0, 0.1) is 6.07 Å². The summed E-state index contributed by atoms with van der Waals surface area (Å²) < 4.78 is 85.3. The van der Waals surface area contributed by atoms with Crippen LogP contribution < -0.4 is 4.74 Å². The Morgan fingerprint density at radius 1 is 0.667 bits per heavy atom. The molecule has 185 valence electrons. The van der Waals surface area contributed by atoms with Crippen molar-refractivity contribution in [3.8, 4) is 22.9 Å². The van der Waals surface area contributed by atoms with E-state index in [2.05, 4.69) is 16.3 Å². The molecule has 0 saturated carbocycles. The summed E-state index contributed by atoms with van der Waals surface area (Å²) in [6.45, 7) is 0. The average molecular weight is 676 g/mol. The first kappa shape index (κ1) is 25.6. The van der Waals surface area contributed by atoms with Crippen LogP contribution >= 0.6 is 0 Å². The van der Waals surface area contributed by atoms with Crippen LogP contribution in [0.25, 0.3) is 32.8 Å². The van der Waals surface area contributed by atoms with E-state index < -0.39 is 29.2 Å². The Morgan fingerprint density at radius 3 is 1.81 bits per heavy atom. The van der Waals surface area contributed by atoms with E-state index in [1.165, 1.54) is 0 Å². The number of aromatic nitrogens is 2. The van der Waals surface area contributed by atoms with Crippen LogP contribution in [0.3, 0.4) is 0 Å². The van der Waals surface area contributed by atoms with Crippen molar-refractivity contribution in [1.82, 2.24) is 10.2 Å². The van der Waals surface area contributed by atoms with Gasteiger partial charge in [-0.3, -0.25) is 0 Å². The molecule has 0 aliphatic heterocycles. The predicted octanol–water partition coefficient (Wildman–Crippen LogP) is 8.08. The van der Waals surface area contributed by atoms with E-state index >= 15 is 0 Å². The van der Waals surface area contributed by atoms with Gasteiger partial charge in [0.2, 0.25) is 5.88 Å². The third-order valence-corrected chi connectivity index (χ3v) is 5.35. The van der Waals surface area contributed by atoms with Crippen molar-refractivity contribution in [3.05, 3.63) is 96.1 Å². The molecule has 0 N–H and O–H groups in total. The van der Waals surface area contributed by atoms with Crippen molar-refractivity contribution >= 4 is 21.5 Å². The largest absolute Gasteiger partial charge is 0.437 e. The van der Waals surface area contributed by atoms with E-state index in [4.69, 9.17) is 4.74 Å². The van der Waals surface area contributed by atoms with Gasteiger partial charge in [0.05, 0.1) is 11.1 Å². The van der Waals surface area contributed by atoms with Crippen molar-refractivity contribution in [2.24, 2.45) is 0 Å². The smallest absolute Gasteiger partial charge is 0.416 e. The van der Waals surface area contributed by atoms with Crippen LogP contribution in [0.2, 0.25) is 0 Å². The Hall–Kier alpha value is -3.49. The number of hydrogen-bond donors (Lipinski definition) is 0. The molecule has 0 spiro atoms. The van der Waals surface area contributed by atoms with Gasteiger partial charge in [-0.2, -0.15) is 31.4 Å². The molecule has 4 aromatic carbocycles. The summed E-state index contributed by atoms with van der Waals surface area (Å²) in [4.78, 5) is 0. The average Bonchev–Trinajstić information content (AvgIpc) is 2.82. The molecule has 0 atom stereocenters. The molecule has 3 nitrogen and oxygen atoms in total. The molecule has 0 amide bonds. The van der Waals surface area contributed by atoms with E-state index in [9.17, 15) is 26.3 Å². The van der Waals surface area contributed by atoms with Crippen molar-refractivity contribution in [3.63, 3.8) is 0 Å². The molecule has 1 radical (unpaired) electrons. The second-order valence-electron chi connectivity index (χ2n) is 7.72. The fourth-order valence-corrected chi connectivity index (χ4v) is 3.73. The third kappa shape index (κ3) is 5.05. The molecule has 36 heavy (non-hydrogen) atoms. The molecule has 0 saturated heterocycles. The van der Waals surface area contributed by atoms with Crippen molar-refractivity contribution in [2.75, 3.05) is 0 Å². The Morgan fingerprint density at radius 2 is 1.25 bits per heavy atom. The van der Waals surface area contributed by atoms with Crippen LogP contribution in [-0.4, -0.2) is 10.2 Å². The first-order valence-electron chi connectivity index (χ1n) is 10.2. The minimum Gasteiger partial charge on any atom is -0.437 e. The van der Waals surface area contributed by atoms with E-state index in [0.29, 0.717) is 34.2 Å². The van der Waals surface area contributed by atoms with Crippen molar-refractivity contribution in [1.29, 1.82) is 0 Å².